The smallest absolute Gasteiger partial charge is 0.320 e. The molecule has 0 saturated heterocycles. The first-order valence-electron chi connectivity index (χ1n) is 4.96. The SMILES string of the molecule is COC(=O)C(Br)CSc1cc(C)ccc1C. The highest BCUT2D eigenvalue weighted by atomic mass is 79.9. The number of aryl methyl sites for hydroxylation is 2. The maximum atomic E-state index is 11.2. The summed E-state index contributed by atoms with van der Waals surface area (Å²) >= 11 is 4.97. The number of halogens is 1. The zero-order valence-corrected chi connectivity index (χ0v) is 12.0. The number of hydrogen-bond donors (Lipinski definition) is 0. The summed E-state index contributed by atoms with van der Waals surface area (Å²) in [6.45, 7) is 4.14. The van der Waals surface area contributed by atoms with Gasteiger partial charge in [-0.3, -0.25) is 4.79 Å². The van der Waals surface area contributed by atoms with E-state index in [0.717, 1.165) is 0 Å². The summed E-state index contributed by atoms with van der Waals surface area (Å²) in [6.07, 6.45) is 0. The molecule has 0 aliphatic carbocycles. The molecule has 0 bridgehead atoms. The molecule has 0 saturated carbocycles. The third-order valence-electron chi connectivity index (χ3n) is 2.19. The number of methoxy groups -OCH3 is 1. The van der Waals surface area contributed by atoms with Crippen LogP contribution in [0.5, 0.6) is 0 Å². The van der Waals surface area contributed by atoms with Crippen molar-refractivity contribution in [1.82, 2.24) is 0 Å². The Morgan fingerprint density at radius 2 is 2.19 bits per heavy atom. The largest absolute Gasteiger partial charge is 0.468 e. The summed E-state index contributed by atoms with van der Waals surface area (Å²) in [5, 5.41) is 0. The van der Waals surface area contributed by atoms with Crippen LogP contribution in [0.15, 0.2) is 23.1 Å². The Morgan fingerprint density at radius 1 is 1.50 bits per heavy atom. The van der Waals surface area contributed by atoms with Crippen molar-refractivity contribution in [2.24, 2.45) is 0 Å². The normalized spacial score (nSPS) is 12.2. The fraction of sp³-hybridized carbons (Fsp3) is 0.417. The van der Waals surface area contributed by atoms with Crippen LogP contribution in [0, 0.1) is 13.8 Å². The Labute approximate surface area is 109 Å². The molecule has 0 amide bonds. The molecule has 1 unspecified atom stereocenters. The molecule has 0 spiro atoms. The summed E-state index contributed by atoms with van der Waals surface area (Å²) in [7, 11) is 1.40. The van der Waals surface area contributed by atoms with E-state index in [2.05, 4.69) is 52.7 Å². The average Bonchev–Trinajstić information content (AvgIpc) is 2.28. The van der Waals surface area contributed by atoms with Crippen LogP contribution in [0.4, 0.5) is 0 Å². The number of alkyl halides is 1. The van der Waals surface area contributed by atoms with E-state index in [1.165, 1.54) is 23.1 Å². The Morgan fingerprint density at radius 3 is 2.81 bits per heavy atom. The van der Waals surface area contributed by atoms with Crippen LogP contribution >= 0.6 is 27.7 Å². The molecule has 0 radical (unpaired) electrons. The summed E-state index contributed by atoms with van der Waals surface area (Å²) in [5.41, 5.74) is 2.47. The lowest BCUT2D eigenvalue weighted by molar-refractivity contribution is -0.139. The van der Waals surface area contributed by atoms with Gasteiger partial charge in [0.1, 0.15) is 4.83 Å². The van der Waals surface area contributed by atoms with Crippen LogP contribution in [-0.2, 0) is 9.53 Å². The molecule has 0 fully saturated rings. The van der Waals surface area contributed by atoms with Crippen LogP contribution in [0.25, 0.3) is 0 Å². The predicted octanol–water partition coefficient (Wildman–Crippen LogP) is 3.33. The Balaban J connectivity index is 2.60. The standard InChI is InChI=1S/C12H15BrO2S/c1-8-4-5-9(2)11(6-8)16-7-10(13)12(14)15-3/h4-6,10H,7H2,1-3H3. The number of esters is 1. The number of thioether (sulfide) groups is 1. The topological polar surface area (TPSA) is 26.3 Å². The van der Waals surface area contributed by atoms with Crippen molar-refractivity contribution in [2.75, 3.05) is 12.9 Å². The molecular formula is C12H15BrO2S. The van der Waals surface area contributed by atoms with Gasteiger partial charge < -0.3 is 4.74 Å². The summed E-state index contributed by atoms with van der Waals surface area (Å²) in [4.78, 5) is 12.2. The van der Waals surface area contributed by atoms with Gasteiger partial charge in [0.15, 0.2) is 0 Å². The maximum absolute atomic E-state index is 11.2. The van der Waals surface area contributed by atoms with E-state index in [1.54, 1.807) is 11.8 Å². The molecule has 0 aromatic heterocycles. The van der Waals surface area contributed by atoms with E-state index in [9.17, 15) is 4.79 Å². The molecule has 4 heteroatoms. The van der Waals surface area contributed by atoms with E-state index >= 15 is 0 Å². The van der Waals surface area contributed by atoms with E-state index in [-0.39, 0.29) is 10.8 Å². The lowest BCUT2D eigenvalue weighted by atomic mass is 10.2. The highest BCUT2D eigenvalue weighted by Gasteiger charge is 2.15. The second kappa shape index (κ2) is 6.30. The molecule has 88 valence electrons. The molecule has 1 aromatic rings. The minimum absolute atomic E-state index is 0.224. The first-order valence-corrected chi connectivity index (χ1v) is 6.86. The molecule has 0 aliphatic rings. The van der Waals surface area contributed by atoms with Crippen molar-refractivity contribution in [3.05, 3.63) is 29.3 Å². The molecule has 16 heavy (non-hydrogen) atoms. The predicted molar refractivity (Wildman–Crippen MR) is 71.4 cm³/mol. The van der Waals surface area contributed by atoms with Crippen molar-refractivity contribution in [3.8, 4) is 0 Å². The van der Waals surface area contributed by atoms with Gasteiger partial charge in [0.2, 0.25) is 0 Å². The van der Waals surface area contributed by atoms with E-state index in [1.807, 2.05) is 0 Å². The van der Waals surface area contributed by atoms with Gasteiger partial charge in [0, 0.05) is 10.6 Å². The third kappa shape index (κ3) is 3.83. The van der Waals surface area contributed by atoms with Crippen molar-refractivity contribution in [3.63, 3.8) is 0 Å². The van der Waals surface area contributed by atoms with Crippen molar-refractivity contribution in [2.45, 2.75) is 23.6 Å². The fourth-order valence-electron chi connectivity index (χ4n) is 1.22. The van der Waals surface area contributed by atoms with Crippen LogP contribution in [0.1, 0.15) is 11.1 Å². The fourth-order valence-corrected chi connectivity index (χ4v) is 2.83. The molecule has 2 nitrogen and oxygen atoms in total. The van der Waals surface area contributed by atoms with Crippen molar-refractivity contribution in [1.29, 1.82) is 0 Å². The van der Waals surface area contributed by atoms with Gasteiger partial charge in [0.05, 0.1) is 7.11 Å². The van der Waals surface area contributed by atoms with Gasteiger partial charge in [-0.25, -0.2) is 0 Å². The van der Waals surface area contributed by atoms with Gasteiger partial charge in [-0.2, -0.15) is 0 Å². The van der Waals surface area contributed by atoms with Gasteiger partial charge in [-0.05, 0) is 25.5 Å². The lowest BCUT2D eigenvalue weighted by Gasteiger charge is -2.09. The van der Waals surface area contributed by atoms with Crippen LogP contribution < -0.4 is 0 Å². The van der Waals surface area contributed by atoms with Crippen molar-refractivity contribution >= 4 is 33.7 Å². The van der Waals surface area contributed by atoms with Gasteiger partial charge >= 0.3 is 5.97 Å². The molecular weight excluding hydrogens is 288 g/mol. The summed E-state index contributed by atoms with van der Waals surface area (Å²) in [5.74, 6) is 0.453. The minimum atomic E-state index is -0.248. The second-order valence-corrected chi connectivity index (χ2v) is 5.74. The minimum Gasteiger partial charge on any atom is -0.468 e. The molecule has 0 aliphatic heterocycles. The Bertz CT molecular complexity index is 379. The molecule has 0 heterocycles. The van der Waals surface area contributed by atoms with Crippen molar-refractivity contribution < 1.29 is 9.53 Å². The molecule has 0 N–H and O–H groups in total. The summed E-state index contributed by atoms with van der Waals surface area (Å²) in [6, 6.07) is 6.32. The zero-order chi connectivity index (χ0) is 12.1. The number of ether oxygens (including phenoxy) is 1. The van der Waals surface area contributed by atoms with E-state index in [0.29, 0.717) is 5.75 Å². The number of carbonyl (C=O) groups excluding carboxylic acids is 1. The zero-order valence-electron chi connectivity index (χ0n) is 9.62. The van der Waals surface area contributed by atoms with Crippen LogP contribution in [-0.4, -0.2) is 23.7 Å². The number of hydrogen-bond acceptors (Lipinski definition) is 3. The molecule has 1 aromatic carbocycles. The number of benzene rings is 1. The van der Waals surface area contributed by atoms with Crippen LogP contribution in [0.2, 0.25) is 0 Å². The van der Waals surface area contributed by atoms with Crippen LogP contribution in [0.3, 0.4) is 0 Å². The van der Waals surface area contributed by atoms with E-state index < -0.39 is 0 Å². The Hall–Kier alpha value is -0.480. The second-order valence-electron chi connectivity index (χ2n) is 3.57. The monoisotopic (exact) mass is 302 g/mol. The highest BCUT2D eigenvalue weighted by molar-refractivity contribution is 9.10. The van der Waals surface area contributed by atoms with E-state index in [4.69, 9.17) is 0 Å². The Kier molecular flexibility index (Phi) is 5.35. The number of rotatable bonds is 4. The van der Waals surface area contributed by atoms with Gasteiger partial charge in [-0.15, -0.1) is 11.8 Å². The van der Waals surface area contributed by atoms with Gasteiger partial charge in [-0.1, -0.05) is 33.6 Å². The average molecular weight is 303 g/mol. The quantitative estimate of drug-likeness (QED) is 0.485. The molecule has 1 atom stereocenters. The van der Waals surface area contributed by atoms with Gasteiger partial charge in [0.25, 0.3) is 0 Å². The maximum Gasteiger partial charge on any atom is 0.320 e. The highest BCUT2D eigenvalue weighted by Crippen LogP contribution is 2.25. The first-order chi connectivity index (χ1) is 7.54. The summed E-state index contributed by atoms with van der Waals surface area (Å²) < 4.78 is 4.66. The third-order valence-corrected chi connectivity index (χ3v) is 4.56. The lowest BCUT2D eigenvalue weighted by Crippen LogP contribution is -2.17. The first kappa shape index (κ1) is 13.6. The molecule has 1 rings (SSSR count). The number of carbonyl (C=O) groups is 1.